The first-order valence-corrected chi connectivity index (χ1v) is 9.05. The van der Waals surface area contributed by atoms with Crippen molar-refractivity contribution in [3.8, 4) is 11.3 Å². The van der Waals surface area contributed by atoms with Gasteiger partial charge < -0.3 is 4.98 Å². The molecule has 0 spiro atoms. The van der Waals surface area contributed by atoms with Crippen molar-refractivity contribution >= 4 is 15.7 Å². The summed E-state index contributed by atoms with van der Waals surface area (Å²) in [5.41, 5.74) is 4.23. The Balaban J connectivity index is 1.91. The molecule has 3 aromatic rings. The van der Waals surface area contributed by atoms with Gasteiger partial charge in [0, 0.05) is 11.3 Å². The number of nitrogens with zero attached hydrogens (tertiary/aromatic N) is 1. The molecule has 0 amide bonds. The number of aryl methyl sites for hydroxylation is 3. The lowest BCUT2D eigenvalue weighted by atomic mass is 10.1. The summed E-state index contributed by atoms with van der Waals surface area (Å²) in [6, 6.07) is 12.3. The number of hydrogen-bond acceptors (Lipinski definition) is 3. The van der Waals surface area contributed by atoms with Crippen LogP contribution < -0.4 is 4.72 Å². The molecule has 3 rings (SSSR count). The molecular weight excluding hydrogens is 322 g/mol. The number of benzene rings is 2. The second-order valence-corrected chi connectivity index (χ2v) is 7.50. The molecule has 24 heavy (non-hydrogen) atoms. The first-order valence-electron chi connectivity index (χ1n) is 7.57. The summed E-state index contributed by atoms with van der Waals surface area (Å²) in [7, 11) is -3.62. The minimum absolute atomic E-state index is 0.258. The maximum Gasteiger partial charge on any atom is 0.261 e. The van der Waals surface area contributed by atoms with Crippen molar-refractivity contribution < 1.29 is 8.42 Å². The van der Waals surface area contributed by atoms with Gasteiger partial charge in [0.25, 0.3) is 10.0 Å². The van der Waals surface area contributed by atoms with Crippen molar-refractivity contribution in [1.29, 1.82) is 0 Å². The van der Waals surface area contributed by atoms with E-state index in [2.05, 4.69) is 14.7 Å². The van der Waals surface area contributed by atoms with Crippen LogP contribution in [-0.2, 0) is 10.0 Å². The Morgan fingerprint density at radius 1 is 1.00 bits per heavy atom. The number of aromatic amines is 1. The highest BCUT2D eigenvalue weighted by Gasteiger charge is 2.15. The summed E-state index contributed by atoms with van der Waals surface area (Å²) in [5.74, 6) is 0.811. The Morgan fingerprint density at radius 3 is 2.46 bits per heavy atom. The average molecular weight is 341 g/mol. The molecule has 0 saturated carbocycles. The number of imidazole rings is 1. The third kappa shape index (κ3) is 3.33. The molecule has 5 nitrogen and oxygen atoms in total. The van der Waals surface area contributed by atoms with Gasteiger partial charge in [0.2, 0.25) is 0 Å². The predicted octanol–water partition coefficient (Wildman–Crippen LogP) is 3.80. The quantitative estimate of drug-likeness (QED) is 0.758. The normalized spacial score (nSPS) is 11.5. The predicted molar refractivity (Wildman–Crippen MR) is 95.5 cm³/mol. The van der Waals surface area contributed by atoms with Crippen LogP contribution >= 0.6 is 0 Å². The number of nitrogens with one attached hydrogen (secondary N) is 2. The van der Waals surface area contributed by atoms with Gasteiger partial charge >= 0.3 is 0 Å². The fourth-order valence-electron chi connectivity index (χ4n) is 2.41. The highest BCUT2D eigenvalue weighted by Crippen LogP contribution is 2.23. The summed E-state index contributed by atoms with van der Waals surface area (Å²) >= 11 is 0. The minimum atomic E-state index is -3.62. The van der Waals surface area contributed by atoms with Crippen molar-refractivity contribution in [2.75, 3.05) is 4.72 Å². The van der Waals surface area contributed by atoms with Gasteiger partial charge in [-0.25, -0.2) is 13.4 Å². The van der Waals surface area contributed by atoms with Gasteiger partial charge in [-0.2, -0.15) is 0 Å². The van der Waals surface area contributed by atoms with Gasteiger partial charge in [0.1, 0.15) is 5.82 Å². The van der Waals surface area contributed by atoms with Crippen LogP contribution in [0.15, 0.2) is 53.6 Å². The molecule has 0 atom stereocenters. The van der Waals surface area contributed by atoms with E-state index >= 15 is 0 Å². The molecule has 2 aromatic carbocycles. The molecule has 6 heteroatoms. The van der Waals surface area contributed by atoms with Crippen molar-refractivity contribution in [3.05, 3.63) is 65.6 Å². The van der Waals surface area contributed by atoms with Crippen molar-refractivity contribution in [1.82, 2.24) is 9.97 Å². The van der Waals surface area contributed by atoms with Gasteiger partial charge in [-0.05, 0) is 56.2 Å². The molecule has 0 bridgehead atoms. The number of aromatic nitrogens is 2. The number of rotatable bonds is 4. The summed E-state index contributed by atoms with van der Waals surface area (Å²) in [5, 5.41) is 0. The summed E-state index contributed by atoms with van der Waals surface area (Å²) < 4.78 is 27.8. The highest BCUT2D eigenvalue weighted by atomic mass is 32.2. The third-order valence-electron chi connectivity index (χ3n) is 3.92. The van der Waals surface area contributed by atoms with Gasteiger partial charge in [-0.15, -0.1) is 0 Å². The Morgan fingerprint density at radius 2 is 1.79 bits per heavy atom. The van der Waals surface area contributed by atoms with Gasteiger partial charge in [-0.3, -0.25) is 4.72 Å². The van der Waals surface area contributed by atoms with E-state index in [1.807, 2.05) is 39.0 Å². The smallest absolute Gasteiger partial charge is 0.261 e. The molecule has 0 saturated heterocycles. The second kappa shape index (κ2) is 6.13. The minimum Gasteiger partial charge on any atom is -0.342 e. The molecule has 1 aromatic heterocycles. The molecule has 0 unspecified atom stereocenters. The maximum absolute atomic E-state index is 12.6. The van der Waals surface area contributed by atoms with Gasteiger partial charge in [-0.1, -0.05) is 18.2 Å². The average Bonchev–Trinajstić information content (AvgIpc) is 2.96. The molecule has 2 N–H and O–H groups in total. The SMILES string of the molecule is Cc1ncc(-c2cccc(NS(=O)(=O)c3ccc(C)c(C)c3)c2)[nH]1. The molecule has 0 aliphatic carbocycles. The lowest BCUT2D eigenvalue weighted by Gasteiger charge is -2.10. The van der Waals surface area contributed by atoms with Crippen molar-refractivity contribution in [2.24, 2.45) is 0 Å². The Bertz CT molecular complexity index is 991. The van der Waals surface area contributed by atoms with E-state index in [-0.39, 0.29) is 4.90 Å². The first kappa shape index (κ1) is 16.3. The van der Waals surface area contributed by atoms with Crippen LogP contribution in [0.25, 0.3) is 11.3 Å². The van der Waals surface area contributed by atoms with E-state index in [0.717, 1.165) is 28.2 Å². The molecule has 0 fully saturated rings. The van der Waals surface area contributed by atoms with Crippen LogP contribution in [0, 0.1) is 20.8 Å². The Kier molecular flexibility index (Phi) is 4.15. The van der Waals surface area contributed by atoms with Crippen molar-refractivity contribution in [2.45, 2.75) is 25.7 Å². The summed E-state index contributed by atoms with van der Waals surface area (Å²) in [6.07, 6.45) is 1.73. The standard InChI is InChI=1S/C18H19N3O2S/c1-12-7-8-17(9-13(12)2)24(22,23)21-16-6-4-5-15(10-16)18-11-19-14(3)20-18/h4-11,21H,1-3H3,(H,19,20). The van der Waals surface area contributed by atoms with Crippen LogP contribution in [0.2, 0.25) is 0 Å². The fraction of sp³-hybridized carbons (Fsp3) is 0.167. The van der Waals surface area contributed by atoms with Gasteiger partial charge in [0.15, 0.2) is 0 Å². The van der Waals surface area contributed by atoms with Crippen LogP contribution in [-0.4, -0.2) is 18.4 Å². The summed E-state index contributed by atoms with van der Waals surface area (Å²) in [4.78, 5) is 7.57. The van der Waals surface area contributed by atoms with E-state index in [9.17, 15) is 8.42 Å². The second-order valence-electron chi connectivity index (χ2n) is 5.81. The third-order valence-corrected chi connectivity index (χ3v) is 5.30. The number of hydrogen-bond donors (Lipinski definition) is 2. The number of anilines is 1. The Labute approximate surface area is 141 Å². The first-order chi connectivity index (χ1) is 11.3. The number of sulfonamides is 1. The van der Waals surface area contributed by atoms with Crippen LogP contribution in [0.3, 0.4) is 0 Å². The zero-order chi connectivity index (χ0) is 17.3. The van der Waals surface area contributed by atoms with Crippen LogP contribution in [0.5, 0.6) is 0 Å². The van der Waals surface area contributed by atoms with Gasteiger partial charge in [0.05, 0.1) is 16.8 Å². The lowest BCUT2D eigenvalue weighted by molar-refractivity contribution is 0.601. The molecule has 0 aliphatic rings. The molecule has 0 radical (unpaired) electrons. The van der Waals surface area contributed by atoms with Crippen LogP contribution in [0.1, 0.15) is 17.0 Å². The van der Waals surface area contributed by atoms with E-state index in [0.29, 0.717) is 5.69 Å². The highest BCUT2D eigenvalue weighted by molar-refractivity contribution is 7.92. The van der Waals surface area contributed by atoms with E-state index in [1.165, 1.54) is 0 Å². The topological polar surface area (TPSA) is 74.8 Å². The maximum atomic E-state index is 12.6. The zero-order valence-corrected chi connectivity index (χ0v) is 14.6. The molecule has 124 valence electrons. The molecule has 0 aliphatic heterocycles. The molecule has 1 heterocycles. The fourth-order valence-corrected chi connectivity index (χ4v) is 3.55. The van der Waals surface area contributed by atoms with Crippen LogP contribution in [0.4, 0.5) is 5.69 Å². The van der Waals surface area contributed by atoms with E-state index < -0.39 is 10.0 Å². The zero-order valence-electron chi connectivity index (χ0n) is 13.8. The van der Waals surface area contributed by atoms with E-state index in [1.54, 1.807) is 30.5 Å². The van der Waals surface area contributed by atoms with E-state index in [4.69, 9.17) is 0 Å². The monoisotopic (exact) mass is 341 g/mol. The van der Waals surface area contributed by atoms with Crippen molar-refractivity contribution in [3.63, 3.8) is 0 Å². The largest absolute Gasteiger partial charge is 0.342 e. The Hall–Kier alpha value is -2.60. The molecular formula is C18H19N3O2S. The number of H-pyrrole nitrogens is 1. The summed E-state index contributed by atoms with van der Waals surface area (Å²) in [6.45, 7) is 5.72. The lowest BCUT2D eigenvalue weighted by Crippen LogP contribution is -2.13.